The molecule has 17 heavy (non-hydrogen) atoms. The molecule has 2 N–H and O–H groups in total. The third-order valence-corrected chi connectivity index (χ3v) is 3.37. The van der Waals surface area contributed by atoms with Crippen LogP contribution in [0.5, 0.6) is 5.75 Å². The van der Waals surface area contributed by atoms with Crippen LogP contribution in [0.2, 0.25) is 0 Å². The zero-order valence-electron chi connectivity index (χ0n) is 10.6. The van der Waals surface area contributed by atoms with Gasteiger partial charge in [0.15, 0.2) is 0 Å². The summed E-state index contributed by atoms with van der Waals surface area (Å²) in [7, 11) is 1.69. The second kappa shape index (κ2) is 5.52. The number of methoxy groups -OCH3 is 1. The van der Waals surface area contributed by atoms with Crippen LogP contribution in [-0.2, 0) is 11.2 Å². The molecule has 0 fully saturated rings. The molecule has 0 bridgehead atoms. The Morgan fingerprint density at radius 1 is 1.47 bits per heavy atom. The lowest BCUT2D eigenvalue weighted by atomic mass is 9.88. The largest absolute Gasteiger partial charge is 0.491 e. The highest BCUT2D eigenvalue weighted by atomic mass is 16.5. The summed E-state index contributed by atoms with van der Waals surface area (Å²) in [5.41, 5.74) is 8.74. The molecule has 1 aliphatic carbocycles. The molecule has 2 rings (SSSR count). The summed E-state index contributed by atoms with van der Waals surface area (Å²) in [6.45, 7) is 2.56. The number of nitrogens with two attached hydrogens (primary N) is 1. The van der Waals surface area contributed by atoms with Gasteiger partial charge in [-0.05, 0) is 49.4 Å². The van der Waals surface area contributed by atoms with Crippen LogP contribution in [0.3, 0.4) is 0 Å². The minimum Gasteiger partial charge on any atom is -0.491 e. The fourth-order valence-electron chi connectivity index (χ4n) is 2.19. The molecular formula is C14H21NO2. The molecule has 3 nitrogen and oxygen atoms in total. The van der Waals surface area contributed by atoms with Crippen LogP contribution in [0.4, 0.5) is 0 Å². The van der Waals surface area contributed by atoms with E-state index in [-0.39, 0.29) is 12.1 Å². The Kier molecular flexibility index (Phi) is 4.02. The van der Waals surface area contributed by atoms with Gasteiger partial charge < -0.3 is 15.2 Å². The van der Waals surface area contributed by atoms with E-state index >= 15 is 0 Å². The van der Waals surface area contributed by atoms with Gasteiger partial charge in [0.05, 0.1) is 6.10 Å². The van der Waals surface area contributed by atoms with Crippen LogP contribution in [0, 0.1) is 0 Å². The Morgan fingerprint density at radius 2 is 2.29 bits per heavy atom. The molecule has 1 aromatic rings. The lowest BCUT2D eigenvalue weighted by molar-refractivity contribution is 0.0716. The molecule has 0 aromatic heterocycles. The molecule has 0 heterocycles. The number of hydrogen-bond donors (Lipinski definition) is 1. The molecule has 1 aliphatic rings. The summed E-state index contributed by atoms with van der Waals surface area (Å²) in [5, 5.41) is 0. The predicted octanol–water partition coefficient (Wildman–Crippen LogP) is 2.44. The van der Waals surface area contributed by atoms with E-state index in [1.54, 1.807) is 7.11 Å². The first kappa shape index (κ1) is 12.4. The Bertz CT molecular complexity index is 378. The van der Waals surface area contributed by atoms with E-state index in [0.29, 0.717) is 6.61 Å². The van der Waals surface area contributed by atoms with Crippen molar-refractivity contribution in [1.82, 2.24) is 0 Å². The number of aryl methyl sites for hydroxylation is 1. The topological polar surface area (TPSA) is 44.5 Å². The second-order valence-corrected chi connectivity index (χ2v) is 4.72. The van der Waals surface area contributed by atoms with E-state index < -0.39 is 0 Å². The fourth-order valence-corrected chi connectivity index (χ4v) is 2.19. The summed E-state index contributed by atoms with van der Waals surface area (Å²) < 4.78 is 10.8. The van der Waals surface area contributed by atoms with E-state index in [9.17, 15) is 0 Å². The maximum atomic E-state index is 6.12. The summed E-state index contributed by atoms with van der Waals surface area (Å²) in [6, 6.07) is 6.42. The highest BCUT2D eigenvalue weighted by Gasteiger charge is 2.17. The van der Waals surface area contributed by atoms with Crippen LogP contribution >= 0.6 is 0 Å². The quantitative estimate of drug-likeness (QED) is 0.871. The monoisotopic (exact) mass is 235 g/mol. The first-order chi connectivity index (χ1) is 8.20. The minimum atomic E-state index is 0.111. The number of hydrogen-bond acceptors (Lipinski definition) is 3. The van der Waals surface area contributed by atoms with Crippen molar-refractivity contribution >= 4 is 0 Å². The van der Waals surface area contributed by atoms with Gasteiger partial charge in [-0.2, -0.15) is 0 Å². The van der Waals surface area contributed by atoms with Gasteiger partial charge in [-0.3, -0.25) is 0 Å². The minimum absolute atomic E-state index is 0.111. The summed E-state index contributed by atoms with van der Waals surface area (Å²) in [5.74, 6) is 0.894. The van der Waals surface area contributed by atoms with Gasteiger partial charge in [0.25, 0.3) is 0 Å². The van der Waals surface area contributed by atoms with Crippen molar-refractivity contribution in [2.75, 3.05) is 13.7 Å². The van der Waals surface area contributed by atoms with E-state index in [1.165, 1.54) is 17.5 Å². The average molecular weight is 235 g/mol. The molecule has 0 radical (unpaired) electrons. The van der Waals surface area contributed by atoms with Crippen LogP contribution in [-0.4, -0.2) is 19.8 Å². The maximum Gasteiger partial charge on any atom is 0.119 e. The molecule has 94 valence electrons. The second-order valence-electron chi connectivity index (χ2n) is 4.72. The number of rotatable bonds is 4. The van der Waals surface area contributed by atoms with E-state index in [1.807, 2.05) is 13.0 Å². The Balaban J connectivity index is 2.07. The SMILES string of the molecule is COC(C)COc1ccc2c(c1)[C@H](N)CCC2. The zero-order valence-corrected chi connectivity index (χ0v) is 10.6. The Hall–Kier alpha value is -1.06. The highest BCUT2D eigenvalue weighted by molar-refractivity contribution is 5.39. The van der Waals surface area contributed by atoms with Gasteiger partial charge in [0.2, 0.25) is 0 Å². The van der Waals surface area contributed by atoms with E-state index in [0.717, 1.165) is 18.6 Å². The van der Waals surface area contributed by atoms with Gasteiger partial charge in [0, 0.05) is 13.2 Å². The molecule has 3 heteroatoms. The standard InChI is InChI=1S/C14H21NO2/c1-10(16-2)9-17-12-7-6-11-4-3-5-14(15)13(11)8-12/h6-8,10,14H,3-5,9,15H2,1-2H3/t10?,14-/m1/s1. The molecule has 0 saturated heterocycles. The van der Waals surface area contributed by atoms with Crippen molar-refractivity contribution in [3.63, 3.8) is 0 Å². The normalized spacial score (nSPS) is 20.8. The fraction of sp³-hybridized carbons (Fsp3) is 0.571. The number of ether oxygens (including phenoxy) is 2. The van der Waals surface area contributed by atoms with Gasteiger partial charge in [-0.1, -0.05) is 6.07 Å². The lowest BCUT2D eigenvalue weighted by Crippen LogP contribution is -2.19. The summed E-state index contributed by atoms with van der Waals surface area (Å²) >= 11 is 0. The van der Waals surface area contributed by atoms with Crippen LogP contribution in [0.1, 0.15) is 36.9 Å². The van der Waals surface area contributed by atoms with Crippen molar-refractivity contribution in [1.29, 1.82) is 0 Å². The summed E-state index contributed by atoms with van der Waals surface area (Å²) in [4.78, 5) is 0. The van der Waals surface area contributed by atoms with Crippen molar-refractivity contribution in [3.8, 4) is 5.75 Å². The third-order valence-electron chi connectivity index (χ3n) is 3.37. The molecule has 0 amide bonds. The molecule has 0 saturated carbocycles. The third kappa shape index (κ3) is 2.99. The van der Waals surface area contributed by atoms with Crippen molar-refractivity contribution in [2.45, 2.75) is 38.3 Å². The summed E-state index contributed by atoms with van der Waals surface area (Å²) in [6.07, 6.45) is 3.51. The van der Waals surface area contributed by atoms with Gasteiger partial charge in [-0.15, -0.1) is 0 Å². The Morgan fingerprint density at radius 3 is 3.06 bits per heavy atom. The van der Waals surface area contributed by atoms with Crippen molar-refractivity contribution < 1.29 is 9.47 Å². The zero-order chi connectivity index (χ0) is 12.3. The lowest BCUT2D eigenvalue weighted by Gasteiger charge is -2.23. The van der Waals surface area contributed by atoms with Crippen LogP contribution < -0.4 is 10.5 Å². The molecule has 0 aliphatic heterocycles. The van der Waals surface area contributed by atoms with E-state index in [2.05, 4.69) is 12.1 Å². The molecule has 1 unspecified atom stereocenters. The highest BCUT2D eigenvalue weighted by Crippen LogP contribution is 2.30. The van der Waals surface area contributed by atoms with Gasteiger partial charge in [-0.25, -0.2) is 0 Å². The number of fused-ring (bicyclic) bond motifs is 1. The average Bonchev–Trinajstić information content (AvgIpc) is 2.36. The van der Waals surface area contributed by atoms with Crippen LogP contribution in [0.15, 0.2) is 18.2 Å². The predicted molar refractivity (Wildman–Crippen MR) is 68.3 cm³/mol. The van der Waals surface area contributed by atoms with Gasteiger partial charge in [0.1, 0.15) is 12.4 Å². The van der Waals surface area contributed by atoms with Gasteiger partial charge >= 0.3 is 0 Å². The van der Waals surface area contributed by atoms with Crippen LogP contribution in [0.25, 0.3) is 0 Å². The first-order valence-corrected chi connectivity index (χ1v) is 6.24. The number of benzene rings is 1. The molecule has 2 atom stereocenters. The molecule has 0 spiro atoms. The Labute approximate surface area is 103 Å². The smallest absolute Gasteiger partial charge is 0.119 e. The van der Waals surface area contributed by atoms with Crippen molar-refractivity contribution in [2.24, 2.45) is 5.73 Å². The molecule has 1 aromatic carbocycles. The molecular weight excluding hydrogens is 214 g/mol. The van der Waals surface area contributed by atoms with E-state index in [4.69, 9.17) is 15.2 Å². The van der Waals surface area contributed by atoms with Crippen molar-refractivity contribution in [3.05, 3.63) is 29.3 Å². The first-order valence-electron chi connectivity index (χ1n) is 6.24. The maximum absolute atomic E-state index is 6.12.